The molecule has 1 heterocycles. The fraction of sp³-hybridized carbons (Fsp3) is 0.462. The average Bonchev–Trinajstić information content (AvgIpc) is 2.37. The van der Waals surface area contributed by atoms with Crippen molar-refractivity contribution in [3.05, 3.63) is 29.5 Å². The Morgan fingerprint density at radius 1 is 1.47 bits per heavy atom. The Morgan fingerprint density at radius 3 is 2.68 bits per heavy atom. The van der Waals surface area contributed by atoms with Crippen LogP contribution < -0.4 is 4.90 Å². The zero-order valence-electron chi connectivity index (χ0n) is 11.5. The van der Waals surface area contributed by atoms with Gasteiger partial charge in [0.1, 0.15) is 5.56 Å². The first-order valence-electron chi connectivity index (χ1n) is 5.94. The third-order valence-electron chi connectivity index (χ3n) is 2.86. The first kappa shape index (κ1) is 15.1. The van der Waals surface area contributed by atoms with E-state index in [0.717, 1.165) is 0 Å². The van der Waals surface area contributed by atoms with Crippen molar-refractivity contribution in [2.45, 2.75) is 13.8 Å². The maximum absolute atomic E-state index is 11.4. The topological polar surface area (TPSA) is 75.5 Å². The maximum atomic E-state index is 11.4. The Labute approximate surface area is 112 Å². The number of carbonyl (C=O) groups is 1. The molecule has 0 aliphatic rings. The maximum Gasteiger partial charge on any atom is 0.339 e. The van der Waals surface area contributed by atoms with Gasteiger partial charge in [-0.25, -0.2) is 4.79 Å². The summed E-state index contributed by atoms with van der Waals surface area (Å²) in [5.41, 5.74) is 1.43. The molecule has 0 spiro atoms. The van der Waals surface area contributed by atoms with Crippen LogP contribution in [0.3, 0.4) is 0 Å². The molecule has 0 bridgehead atoms. The second-order valence-electron chi connectivity index (χ2n) is 4.14. The van der Waals surface area contributed by atoms with E-state index in [4.69, 9.17) is 4.74 Å². The third-order valence-corrected chi connectivity index (χ3v) is 2.86. The molecule has 1 rings (SSSR count). The van der Waals surface area contributed by atoms with Crippen molar-refractivity contribution < 1.29 is 14.6 Å². The quantitative estimate of drug-likeness (QED) is 0.752. The molecule has 0 radical (unpaired) electrons. The average molecular weight is 265 g/mol. The van der Waals surface area contributed by atoms with E-state index < -0.39 is 5.97 Å². The molecular formula is C13H19N3O3. The molecule has 0 aromatic carbocycles. The fourth-order valence-corrected chi connectivity index (χ4v) is 1.71. The van der Waals surface area contributed by atoms with Gasteiger partial charge in [0.15, 0.2) is 5.82 Å². The summed E-state index contributed by atoms with van der Waals surface area (Å²) in [7, 11) is 1.59. The highest BCUT2D eigenvalue weighted by molar-refractivity contribution is 5.95. The SMILES string of the molecule is C=CCN(CCOC)c1nnc(C)c(C)c1C(=O)O. The van der Waals surface area contributed by atoms with Crippen molar-refractivity contribution >= 4 is 11.8 Å². The van der Waals surface area contributed by atoms with Crippen LogP contribution >= 0.6 is 0 Å². The molecule has 6 nitrogen and oxygen atoms in total. The molecule has 1 N–H and O–H groups in total. The number of aromatic nitrogens is 2. The van der Waals surface area contributed by atoms with Crippen LogP contribution in [0, 0.1) is 13.8 Å². The van der Waals surface area contributed by atoms with Gasteiger partial charge in [-0.3, -0.25) is 0 Å². The molecule has 0 saturated carbocycles. The summed E-state index contributed by atoms with van der Waals surface area (Å²) in [4.78, 5) is 13.2. The van der Waals surface area contributed by atoms with Gasteiger partial charge in [-0.05, 0) is 19.4 Å². The molecule has 1 aromatic rings. The highest BCUT2D eigenvalue weighted by Crippen LogP contribution is 2.22. The van der Waals surface area contributed by atoms with Crippen molar-refractivity contribution in [3.8, 4) is 0 Å². The summed E-state index contributed by atoms with van der Waals surface area (Å²) in [6.07, 6.45) is 1.69. The van der Waals surface area contributed by atoms with E-state index in [1.165, 1.54) is 0 Å². The van der Waals surface area contributed by atoms with E-state index in [0.29, 0.717) is 36.8 Å². The number of aromatic carboxylic acids is 1. The lowest BCUT2D eigenvalue weighted by Gasteiger charge is -2.23. The van der Waals surface area contributed by atoms with E-state index in [1.807, 2.05) is 0 Å². The summed E-state index contributed by atoms with van der Waals surface area (Å²) in [6.45, 7) is 8.64. The zero-order chi connectivity index (χ0) is 14.4. The summed E-state index contributed by atoms with van der Waals surface area (Å²) in [5.74, 6) is -0.649. The normalized spacial score (nSPS) is 10.3. The van der Waals surface area contributed by atoms with Crippen LogP contribution in [0.25, 0.3) is 0 Å². The molecule has 19 heavy (non-hydrogen) atoms. The first-order valence-corrected chi connectivity index (χ1v) is 5.94. The lowest BCUT2D eigenvalue weighted by atomic mass is 10.1. The van der Waals surface area contributed by atoms with Crippen LogP contribution in [0.1, 0.15) is 21.6 Å². The van der Waals surface area contributed by atoms with Crippen LogP contribution in [0.5, 0.6) is 0 Å². The van der Waals surface area contributed by atoms with Crippen molar-refractivity contribution in [2.75, 3.05) is 31.7 Å². The number of aryl methyl sites for hydroxylation is 1. The number of nitrogens with zero attached hydrogens (tertiary/aromatic N) is 3. The van der Waals surface area contributed by atoms with Gasteiger partial charge in [-0.1, -0.05) is 6.08 Å². The van der Waals surface area contributed by atoms with E-state index >= 15 is 0 Å². The first-order chi connectivity index (χ1) is 9.02. The second-order valence-corrected chi connectivity index (χ2v) is 4.14. The lowest BCUT2D eigenvalue weighted by molar-refractivity contribution is 0.0696. The highest BCUT2D eigenvalue weighted by atomic mass is 16.5. The Morgan fingerprint density at radius 2 is 2.16 bits per heavy atom. The van der Waals surface area contributed by atoms with Crippen LogP contribution in [0.2, 0.25) is 0 Å². The van der Waals surface area contributed by atoms with Gasteiger partial charge < -0.3 is 14.7 Å². The molecular weight excluding hydrogens is 246 g/mol. The number of carboxylic acid groups (broad SMARTS) is 1. The minimum atomic E-state index is -1.00. The Balaban J connectivity index is 3.24. The van der Waals surface area contributed by atoms with Gasteiger partial charge in [-0.15, -0.1) is 11.7 Å². The minimum absolute atomic E-state index is 0.186. The third kappa shape index (κ3) is 3.51. The van der Waals surface area contributed by atoms with Gasteiger partial charge in [0, 0.05) is 20.2 Å². The zero-order valence-corrected chi connectivity index (χ0v) is 11.5. The molecule has 104 valence electrons. The number of methoxy groups -OCH3 is 1. The summed E-state index contributed by atoms with van der Waals surface area (Å²) < 4.78 is 5.02. The molecule has 0 aliphatic carbocycles. The van der Waals surface area contributed by atoms with Crippen molar-refractivity contribution in [1.82, 2.24) is 10.2 Å². The Hall–Kier alpha value is -1.95. The minimum Gasteiger partial charge on any atom is -0.478 e. The van der Waals surface area contributed by atoms with Gasteiger partial charge in [0.05, 0.1) is 12.3 Å². The smallest absolute Gasteiger partial charge is 0.339 e. The number of anilines is 1. The molecule has 0 amide bonds. The van der Waals surface area contributed by atoms with Gasteiger partial charge >= 0.3 is 5.97 Å². The summed E-state index contributed by atoms with van der Waals surface area (Å²) in [5, 5.41) is 17.4. The predicted molar refractivity (Wildman–Crippen MR) is 72.8 cm³/mol. The number of hydrogen-bond acceptors (Lipinski definition) is 5. The summed E-state index contributed by atoms with van der Waals surface area (Å²) >= 11 is 0. The number of hydrogen-bond donors (Lipinski definition) is 1. The molecule has 0 saturated heterocycles. The standard InChI is InChI=1S/C13H19N3O3/c1-5-6-16(7-8-19-4)12-11(13(17)18)9(2)10(3)14-15-12/h5H,1,6-8H2,2-4H3,(H,17,18). The van der Waals surface area contributed by atoms with Gasteiger partial charge in [-0.2, -0.15) is 5.10 Å². The molecule has 0 aliphatic heterocycles. The van der Waals surface area contributed by atoms with Crippen LogP contribution in [-0.4, -0.2) is 48.1 Å². The molecule has 6 heteroatoms. The second kappa shape index (κ2) is 6.84. The number of carboxylic acids is 1. The monoisotopic (exact) mass is 265 g/mol. The van der Waals surface area contributed by atoms with Gasteiger partial charge in [0.2, 0.25) is 0 Å². The largest absolute Gasteiger partial charge is 0.478 e. The molecule has 0 atom stereocenters. The van der Waals surface area contributed by atoms with E-state index in [-0.39, 0.29) is 5.56 Å². The van der Waals surface area contributed by atoms with Crippen LogP contribution in [0.4, 0.5) is 5.82 Å². The van der Waals surface area contributed by atoms with Crippen LogP contribution in [-0.2, 0) is 4.74 Å². The van der Waals surface area contributed by atoms with Crippen LogP contribution in [0.15, 0.2) is 12.7 Å². The van der Waals surface area contributed by atoms with Crippen molar-refractivity contribution in [3.63, 3.8) is 0 Å². The molecule has 0 unspecified atom stereocenters. The number of rotatable bonds is 7. The Kier molecular flexibility index (Phi) is 5.44. The van der Waals surface area contributed by atoms with E-state index in [1.54, 1.807) is 31.9 Å². The fourth-order valence-electron chi connectivity index (χ4n) is 1.71. The molecule has 1 aromatic heterocycles. The van der Waals surface area contributed by atoms with Crippen molar-refractivity contribution in [2.24, 2.45) is 0 Å². The summed E-state index contributed by atoms with van der Waals surface area (Å²) in [6, 6.07) is 0. The van der Waals surface area contributed by atoms with E-state index in [2.05, 4.69) is 16.8 Å². The number of ether oxygens (including phenoxy) is 1. The predicted octanol–water partition coefficient (Wildman–Crippen LogP) is 1.43. The Bertz CT molecular complexity index is 474. The van der Waals surface area contributed by atoms with E-state index in [9.17, 15) is 9.90 Å². The highest BCUT2D eigenvalue weighted by Gasteiger charge is 2.21. The van der Waals surface area contributed by atoms with Crippen molar-refractivity contribution in [1.29, 1.82) is 0 Å². The lowest BCUT2D eigenvalue weighted by Crippen LogP contribution is -2.30. The van der Waals surface area contributed by atoms with Gasteiger partial charge in [0.25, 0.3) is 0 Å². The molecule has 0 fully saturated rings.